The summed E-state index contributed by atoms with van der Waals surface area (Å²) in [4.78, 5) is 4.01. The summed E-state index contributed by atoms with van der Waals surface area (Å²) in [5, 5.41) is 10.6. The average Bonchev–Trinajstić information content (AvgIpc) is 2.30. The zero-order chi connectivity index (χ0) is 12.5. The van der Waals surface area contributed by atoms with Crippen LogP contribution in [0.5, 0.6) is 0 Å². The van der Waals surface area contributed by atoms with Crippen LogP contribution in [0.1, 0.15) is 23.6 Å². The fourth-order valence-electron chi connectivity index (χ4n) is 1.85. The van der Waals surface area contributed by atoms with Crippen molar-refractivity contribution >= 4 is 5.69 Å². The van der Waals surface area contributed by atoms with Gasteiger partial charge in [-0.25, -0.2) is 0 Å². The van der Waals surface area contributed by atoms with Gasteiger partial charge in [0.1, 0.15) is 5.60 Å². The SMILES string of the molecule is Cc1ccc(C(C)(O)c2cnccc2N)cc1. The highest BCUT2D eigenvalue weighted by Crippen LogP contribution is 2.32. The molecular weight excluding hydrogens is 212 g/mol. The number of nitrogens with zero attached hydrogens (tertiary/aromatic N) is 1. The highest BCUT2D eigenvalue weighted by molar-refractivity contribution is 5.51. The molecule has 0 saturated carbocycles. The van der Waals surface area contributed by atoms with Crippen LogP contribution in [-0.2, 0) is 5.60 Å². The van der Waals surface area contributed by atoms with E-state index < -0.39 is 5.60 Å². The molecule has 3 N–H and O–H groups in total. The third-order valence-electron chi connectivity index (χ3n) is 2.99. The van der Waals surface area contributed by atoms with Gasteiger partial charge in [0, 0.05) is 23.6 Å². The molecule has 1 unspecified atom stereocenters. The van der Waals surface area contributed by atoms with Gasteiger partial charge in [0.15, 0.2) is 0 Å². The standard InChI is InChI=1S/C14H16N2O/c1-10-3-5-11(6-4-10)14(2,17)12-9-16-8-7-13(12)15/h3-9,17H,1-2H3,(H2,15,16). The van der Waals surface area contributed by atoms with E-state index in [1.165, 1.54) is 0 Å². The first-order valence-corrected chi connectivity index (χ1v) is 5.51. The van der Waals surface area contributed by atoms with Crippen molar-refractivity contribution in [2.45, 2.75) is 19.4 Å². The number of hydrogen-bond acceptors (Lipinski definition) is 3. The Morgan fingerprint density at radius 3 is 2.41 bits per heavy atom. The van der Waals surface area contributed by atoms with Crippen molar-refractivity contribution in [1.29, 1.82) is 0 Å². The minimum Gasteiger partial charge on any atom is -0.398 e. The zero-order valence-electron chi connectivity index (χ0n) is 10.0. The minimum atomic E-state index is -1.12. The maximum atomic E-state index is 10.6. The van der Waals surface area contributed by atoms with Gasteiger partial charge in [0.25, 0.3) is 0 Å². The summed E-state index contributed by atoms with van der Waals surface area (Å²) in [5.41, 5.74) is 7.89. The number of nitrogens with two attached hydrogens (primary N) is 1. The summed E-state index contributed by atoms with van der Waals surface area (Å²) in [6, 6.07) is 9.44. The topological polar surface area (TPSA) is 59.1 Å². The molecule has 0 bridgehead atoms. The van der Waals surface area contributed by atoms with Crippen LogP contribution in [0.15, 0.2) is 42.7 Å². The second kappa shape index (κ2) is 4.18. The number of rotatable bonds is 2. The van der Waals surface area contributed by atoms with Crippen LogP contribution < -0.4 is 5.73 Å². The monoisotopic (exact) mass is 228 g/mol. The summed E-state index contributed by atoms with van der Waals surface area (Å²) in [6.07, 6.45) is 3.22. The number of aliphatic hydroxyl groups is 1. The summed E-state index contributed by atoms with van der Waals surface area (Å²) in [7, 11) is 0. The largest absolute Gasteiger partial charge is 0.398 e. The average molecular weight is 228 g/mol. The van der Waals surface area contributed by atoms with E-state index in [1.807, 2.05) is 31.2 Å². The maximum Gasteiger partial charge on any atom is 0.115 e. The van der Waals surface area contributed by atoms with Crippen LogP contribution in [0.25, 0.3) is 0 Å². The predicted molar refractivity (Wildman–Crippen MR) is 68.5 cm³/mol. The molecule has 1 atom stereocenters. The molecule has 1 heterocycles. The number of nitrogen functional groups attached to an aromatic ring is 1. The van der Waals surface area contributed by atoms with Crippen LogP contribution in [-0.4, -0.2) is 10.1 Å². The Morgan fingerprint density at radius 2 is 1.82 bits per heavy atom. The Hall–Kier alpha value is -1.87. The quantitative estimate of drug-likeness (QED) is 0.828. The van der Waals surface area contributed by atoms with E-state index in [-0.39, 0.29) is 0 Å². The molecule has 1 aromatic heterocycles. The molecule has 0 fully saturated rings. The Morgan fingerprint density at radius 1 is 1.18 bits per heavy atom. The van der Waals surface area contributed by atoms with Gasteiger partial charge >= 0.3 is 0 Å². The second-order valence-corrected chi connectivity index (χ2v) is 4.40. The first kappa shape index (κ1) is 11.6. The van der Waals surface area contributed by atoms with Gasteiger partial charge < -0.3 is 10.8 Å². The molecule has 0 aliphatic rings. The number of hydrogen-bond donors (Lipinski definition) is 2. The van der Waals surface area contributed by atoms with E-state index in [2.05, 4.69) is 4.98 Å². The van der Waals surface area contributed by atoms with Crippen LogP contribution in [0, 0.1) is 6.92 Å². The van der Waals surface area contributed by atoms with Crippen molar-refractivity contribution in [3.63, 3.8) is 0 Å². The third-order valence-corrected chi connectivity index (χ3v) is 2.99. The lowest BCUT2D eigenvalue weighted by Crippen LogP contribution is -2.24. The third kappa shape index (κ3) is 2.15. The number of benzene rings is 1. The summed E-state index contributed by atoms with van der Waals surface area (Å²) >= 11 is 0. The number of aromatic nitrogens is 1. The van der Waals surface area contributed by atoms with Crippen LogP contribution in [0.4, 0.5) is 5.69 Å². The van der Waals surface area contributed by atoms with Crippen molar-refractivity contribution in [2.75, 3.05) is 5.73 Å². The fraction of sp³-hybridized carbons (Fsp3) is 0.214. The maximum absolute atomic E-state index is 10.6. The minimum absolute atomic E-state index is 0.547. The Bertz CT molecular complexity index is 518. The molecule has 3 heteroatoms. The first-order valence-electron chi connectivity index (χ1n) is 5.51. The Kier molecular flexibility index (Phi) is 2.86. The lowest BCUT2D eigenvalue weighted by molar-refractivity contribution is 0.103. The normalized spacial score (nSPS) is 14.3. The molecule has 17 heavy (non-hydrogen) atoms. The van der Waals surface area contributed by atoms with Crippen LogP contribution >= 0.6 is 0 Å². The van der Waals surface area contributed by atoms with Crippen molar-refractivity contribution in [2.24, 2.45) is 0 Å². The number of aryl methyl sites for hydroxylation is 1. The van der Waals surface area contributed by atoms with Gasteiger partial charge in [0.2, 0.25) is 0 Å². The highest BCUT2D eigenvalue weighted by atomic mass is 16.3. The van der Waals surface area contributed by atoms with E-state index in [0.29, 0.717) is 11.3 Å². The first-order chi connectivity index (χ1) is 8.01. The fourth-order valence-corrected chi connectivity index (χ4v) is 1.85. The predicted octanol–water partition coefficient (Wildman–Crippen LogP) is 2.23. The Labute approximate surface area is 101 Å². The smallest absolute Gasteiger partial charge is 0.115 e. The zero-order valence-corrected chi connectivity index (χ0v) is 10.0. The van der Waals surface area contributed by atoms with E-state index in [1.54, 1.807) is 25.4 Å². The Balaban J connectivity index is 2.49. The molecule has 0 radical (unpaired) electrons. The van der Waals surface area contributed by atoms with Crippen molar-refractivity contribution in [3.8, 4) is 0 Å². The molecule has 0 aliphatic carbocycles. The van der Waals surface area contributed by atoms with Gasteiger partial charge in [-0.15, -0.1) is 0 Å². The van der Waals surface area contributed by atoms with Gasteiger partial charge in [-0.1, -0.05) is 29.8 Å². The molecule has 1 aromatic carbocycles. The van der Waals surface area contributed by atoms with Gasteiger partial charge in [-0.05, 0) is 25.5 Å². The molecule has 2 aromatic rings. The molecule has 0 amide bonds. The van der Waals surface area contributed by atoms with E-state index in [9.17, 15) is 5.11 Å². The summed E-state index contributed by atoms with van der Waals surface area (Å²) in [6.45, 7) is 3.74. The molecule has 2 rings (SSSR count). The van der Waals surface area contributed by atoms with Gasteiger partial charge in [-0.3, -0.25) is 4.98 Å². The summed E-state index contributed by atoms with van der Waals surface area (Å²) in [5.74, 6) is 0. The van der Waals surface area contributed by atoms with Crippen LogP contribution in [0.3, 0.4) is 0 Å². The van der Waals surface area contributed by atoms with E-state index in [4.69, 9.17) is 5.73 Å². The second-order valence-electron chi connectivity index (χ2n) is 4.40. The molecule has 0 aliphatic heterocycles. The van der Waals surface area contributed by atoms with Gasteiger partial charge in [0.05, 0.1) is 0 Å². The lowest BCUT2D eigenvalue weighted by Gasteiger charge is -2.25. The highest BCUT2D eigenvalue weighted by Gasteiger charge is 2.27. The van der Waals surface area contributed by atoms with Gasteiger partial charge in [-0.2, -0.15) is 0 Å². The number of pyridine rings is 1. The lowest BCUT2D eigenvalue weighted by atomic mass is 9.88. The molecular formula is C14H16N2O. The summed E-state index contributed by atoms with van der Waals surface area (Å²) < 4.78 is 0. The van der Waals surface area contributed by atoms with Crippen molar-refractivity contribution in [1.82, 2.24) is 4.98 Å². The number of anilines is 1. The van der Waals surface area contributed by atoms with Crippen LogP contribution in [0.2, 0.25) is 0 Å². The van der Waals surface area contributed by atoms with Crippen molar-refractivity contribution in [3.05, 3.63) is 59.4 Å². The molecule has 0 spiro atoms. The van der Waals surface area contributed by atoms with E-state index in [0.717, 1.165) is 11.1 Å². The van der Waals surface area contributed by atoms with Crippen molar-refractivity contribution < 1.29 is 5.11 Å². The molecule has 0 saturated heterocycles. The van der Waals surface area contributed by atoms with E-state index >= 15 is 0 Å². The molecule has 3 nitrogen and oxygen atoms in total. The molecule has 88 valence electrons.